The van der Waals surface area contributed by atoms with Crippen molar-refractivity contribution in [1.82, 2.24) is 9.80 Å². The van der Waals surface area contributed by atoms with Crippen LogP contribution in [0.25, 0.3) is 0 Å². The van der Waals surface area contributed by atoms with E-state index < -0.39 is 0 Å². The SMILES string of the molecule is OCCN1CCC2(CC1)CN(Cc1c(O)ccc(Cl)c1Cl)C2. The molecule has 2 fully saturated rings. The number of halogens is 2. The van der Waals surface area contributed by atoms with Gasteiger partial charge < -0.3 is 15.1 Å². The summed E-state index contributed by atoms with van der Waals surface area (Å²) in [7, 11) is 0. The van der Waals surface area contributed by atoms with Crippen molar-refractivity contribution in [3.8, 4) is 5.75 Å². The minimum atomic E-state index is 0.216. The molecule has 0 amide bonds. The Bertz CT molecular complexity index is 537. The van der Waals surface area contributed by atoms with E-state index in [1.165, 1.54) is 12.8 Å². The Morgan fingerprint density at radius 3 is 2.41 bits per heavy atom. The number of piperidine rings is 1. The third-order valence-electron chi connectivity index (χ3n) is 5.00. The number of hydrogen-bond donors (Lipinski definition) is 2. The third kappa shape index (κ3) is 3.22. The largest absolute Gasteiger partial charge is 0.508 e. The quantitative estimate of drug-likeness (QED) is 0.881. The van der Waals surface area contributed by atoms with Crippen LogP contribution in [0.2, 0.25) is 10.0 Å². The zero-order chi connectivity index (χ0) is 15.7. The Hall–Kier alpha value is -0.520. The second-order valence-corrected chi connectivity index (χ2v) is 7.35. The van der Waals surface area contributed by atoms with E-state index in [0.717, 1.165) is 38.3 Å². The highest BCUT2D eigenvalue weighted by Gasteiger charge is 2.44. The van der Waals surface area contributed by atoms with Gasteiger partial charge in [0.25, 0.3) is 0 Å². The number of nitrogens with zero attached hydrogens (tertiary/aromatic N) is 2. The number of aliphatic hydroxyl groups is 1. The van der Waals surface area contributed by atoms with Crippen molar-refractivity contribution in [2.45, 2.75) is 19.4 Å². The second-order valence-electron chi connectivity index (χ2n) is 6.57. The molecule has 1 aromatic carbocycles. The Morgan fingerprint density at radius 2 is 1.77 bits per heavy atom. The summed E-state index contributed by atoms with van der Waals surface area (Å²) in [5.74, 6) is 0.216. The molecule has 22 heavy (non-hydrogen) atoms. The fourth-order valence-electron chi connectivity index (χ4n) is 3.68. The van der Waals surface area contributed by atoms with Crippen molar-refractivity contribution in [2.75, 3.05) is 39.3 Å². The lowest BCUT2D eigenvalue weighted by atomic mass is 9.72. The standard InChI is InChI=1S/C16H22Cl2N2O2/c17-13-1-2-14(22)12(15(13)18)9-20-10-16(11-20)3-5-19(6-4-16)7-8-21/h1-2,21-22H,3-11H2. The molecule has 0 unspecified atom stereocenters. The van der Waals surface area contributed by atoms with Crippen molar-refractivity contribution < 1.29 is 10.2 Å². The molecule has 122 valence electrons. The number of β-amino-alcohol motifs (C(OH)–C–C–N with tert-alkyl or cyclic N) is 1. The maximum atomic E-state index is 9.98. The number of aromatic hydroxyl groups is 1. The van der Waals surface area contributed by atoms with Gasteiger partial charge in [0.05, 0.1) is 16.7 Å². The molecule has 0 atom stereocenters. The second kappa shape index (κ2) is 6.54. The summed E-state index contributed by atoms with van der Waals surface area (Å²) in [6.45, 7) is 5.89. The van der Waals surface area contributed by atoms with E-state index in [1.807, 2.05) is 0 Å². The molecule has 2 saturated heterocycles. The maximum absolute atomic E-state index is 9.98. The molecule has 0 saturated carbocycles. The van der Waals surface area contributed by atoms with Gasteiger partial charge in [-0.05, 0) is 43.5 Å². The van der Waals surface area contributed by atoms with Crippen LogP contribution >= 0.6 is 23.2 Å². The smallest absolute Gasteiger partial charge is 0.121 e. The van der Waals surface area contributed by atoms with E-state index in [0.29, 0.717) is 22.0 Å². The molecule has 0 aliphatic carbocycles. The number of likely N-dealkylation sites (tertiary alicyclic amines) is 2. The van der Waals surface area contributed by atoms with Crippen LogP contribution in [-0.2, 0) is 6.54 Å². The van der Waals surface area contributed by atoms with Gasteiger partial charge >= 0.3 is 0 Å². The van der Waals surface area contributed by atoms with Crippen LogP contribution in [-0.4, -0.2) is 59.3 Å². The van der Waals surface area contributed by atoms with Gasteiger partial charge in [-0.2, -0.15) is 0 Å². The number of phenolic OH excluding ortho intramolecular Hbond substituents is 1. The van der Waals surface area contributed by atoms with Gasteiger partial charge in [0.15, 0.2) is 0 Å². The van der Waals surface area contributed by atoms with Gasteiger partial charge in [-0.1, -0.05) is 23.2 Å². The van der Waals surface area contributed by atoms with E-state index in [4.69, 9.17) is 28.3 Å². The summed E-state index contributed by atoms with van der Waals surface area (Å²) in [5, 5.41) is 19.9. The summed E-state index contributed by atoms with van der Waals surface area (Å²) in [6, 6.07) is 3.23. The van der Waals surface area contributed by atoms with Crippen LogP contribution in [0.4, 0.5) is 0 Å². The molecule has 4 nitrogen and oxygen atoms in total. The fraction of sp³-hybridized carbons (Fsp3) is 0.625. The van der Waals surface area contributed by atoms with Crippen molar-refractivity contribution in [2.24, 2.45) is 5.41 Å². The Balaban J connectivity index is 1.56. The average Bonchev–Trinajstić information content (AvgIpc) is 2.48. The van der Waals surface area contributed by atoms with Gasteiger partial charge in [-0.15, -0.1) is 0 Å². The summed E-state index contributed by atoms with van der Waals surface area (Å²) < 4.78 is 0. The summed E-state index contributed by atoms with van der Waals surface area (Å²) in [5.41, 5.74) is 1.13. The summed E-state index contributed by atoms with van der Waals surface area (Å²) in [4.78, 5) is 4.65. The van der Waals surface area contributed by atoms with E-state index >= 15 is 0 Å². The lowest BCUT2D eigenvalue weighted by molar-refractivity contribution is -0.0528. The summed E-state index contributed by atoms with van der Waals surface area (Å²) in [6.07, 6.45) is 2.36. The molecular formula is C16H22Cl2N2O2. The van der Waals surface area contributed by atoms with Crippen LogP contribution < -0.4 is 0 Å². The molecule has 3 rings (SSSR count). The first-order valence-corrected chi connectivity index (χ1v) is 8.50. The van der Waals surface area contributed by atoms with E-state index in [9.17, 15) is 5.11 Å². The topological polar surface area (TPSA) is 46.9 Å². The number of benzene rings is 1. The van der Waals surface area contributed by atoms with Gasteiger partial charge in [-0.3, -0.25) is 4.90 Å². The third-order valence-corrected chi connectivity index (χ3v) is 5.85. The molecule has 6 heteroatoms. The first kappa shape index (κ1) is 16.3. The number of rotatable bonds is 4. The molecule has 2 heterocycles. The Labute approximate surface area is 141 Å². The number of aliphatic hydroxyl groups excluding tert-OH is 1. The normalized spacial score (nSPS) is 22.0. The van der Waals surface area contributed by atoms with Gasteiger partial charge in [0.2, 0.25) is 0 Å². The van der Waals surface area contributed by atoms with Crippen LogP contribution in [0.1, 0.15) is 18.4 Å². The van der Waals surface area contributed by atoms with Crippen molar-refractivity contribution in [3.63, 3.8) is 0 Å². The van der Waals surface area contributed by atoms with Crippen molar-refractivity contribution >= 4 is 23.2 Å². The van der Waals surface area contributed by atoms with Gasteiger partial charge in [-0.25, -0.2) is 0 Å². The van der Waals surface area contributed by atoms with E-state index in [2.05, 4.69) is 9.80 Å². The van der Waals surface area contributed by atoms with Crippen molar-refractivity contribution in [3.05, 3.63) is 27.7 Å². The molecule has 2 aliphatic heterocycles. The van der Waals surface area contributed by atoms with Crippen LogP contribution in [0.5, 0.6) is 5.75 Å². The molecule has 0 aromatic heterocycles. The van der Waals surface area contributed by atoms with Crippen molar-refractivity contribution in [1.29, 1.82) is 0 Å². The van der Waals surface area contributed by atoms with Gasteiger partial charge in [0.1, 0.15) is 5.75 Å². The Morgan fingerprint density at radius 1 is 1.09 bits per heavy atom. The fourth-order valence-corrected chi connectivity index (χ4v) is 4.08. The molecular weight excluding hydrogens is 323 g/mol. The van der Waals surface area contributed by atoms with Gasteiger partial charge in [0, 0.05) is 31.7 Å². The average molecular weight is 345 g/mol. The monoisotopic (exact) mass is 344 g/mol. The van der Waals surface area contributed by atoms with E-state index in [1.54, 1.807) is 12.1 Å². The molecule has 1 aromatic rings. The lowest BCUT2D eigenvalue weighted by Gasteiger charge is -2.54. The van der Waals surface area contributed by atoms with Crippen LogP contribution in [0.3, 0.4) is 0 Å². The first-order chi connectivity index (χ1) is 10.5. The molecule has 0 bridgehead atoms. The highest BCUT2D eigenvalue weighted by molar-refractivity contribution is 6.42. The zero-order valence-corrected chi connectivity index (χ0v) is 14.1. The zero-order valence-electron chi connectivity index (χ0n) is 12.6. The number of hydrogen-bond acceptors (Lipinski definition) is 4. The highest BCUT2D eigenvalue weighted by atomic mass is 35.5. The molecule has 1 spiro atoms. The highest BCUT2D eigenvalue weighted by Crippen LogP contribution is 2.42. The van der Waals surface area contributed by atoms with E-state index in [-0.39, 0.29) is 12.4 Å². The summed E-state index contributed by atoms with van der Waals surface area (Å²) >= 11 is 12.2. The molecule has 0 radical (unpaired) electrons. The lowest BCUT2D eigenvalue weighted by Crippen LogP contribution is -2.59. The maximum Gasteiger partial charge on any atom is 0.121 e. The molecule has 2 aliphatic rings. The minimum Gasteiger partial charge on any atom is -0.508 e. The molecule has 2 N–H and O–H groups in total. The van der Waals surface area contributed by atoms with Crippen LogP contribution in [0.15, 0.2) is 12.1 Å². The predicted octanol–water partition coefficient (Wildman–Crippen LogP) is 2.59. The van der Waals surface area contributed by atoms with Crippen LogP contribution in [0, 0.1) is 5.41 Å². The first-order valence-electron chi connectivity index (χ1n) is 7.74. The predicted molar refractivity (Wildman–Crippen MR) is 88.6 cm³/mol. The number of phenols is 1. The Kier molecular flexibility index (Phi) is 4.86. The minimum absolute atomic E-state index is 0.216.